The van der Waals surface area contributed by atoms with E-state index >= 15 is 0 Å². The van der Waals surface area contributed by atoms with E-state index in [-0.39, 0.29) is 53.4 Å². The summed E-state index contributed by atoms with van der Waals surface area (Å²) in [5.74, 6) is 0. The van der Waals surface area contributed by atoms with Gasteiger partial charge in [0.1, 0.15) is 0 Å². The molecule has 37 heavy (non-hydrogen) atoms. The Bertz CT molecular complexity index is 423. The van der Waals surface area contributed by atoms with E-state index in [0.717, 1.165) is 35.4 Å². The maximum atomic E-state index is 6.44. The number of hydrogen-bond acceptors (Lipinski definition) is 2. The molecule has 0 aromatic carbocycles. The first-order valence-corrected chi connectivity index (χ1v) is 15.3. The SMILES string of the molecule is CCCCCCCCCCOCC(CCCCCCOCCCCC)(C[N+](C)(C)C)C[N+](C)(C)C.[I-].[I-]. The van der Waals surface area contributed by atoms with Crippen LogP contribution in [0.5, 0.6) is 0 Å². The van der Waals surface area contributed by atoms with Crippen molar-refractivity contribution in [3.05, 3.63) is 0 Å². The van der Waals surface area contributed by atoms with Crippen LogP contribution in [-0.2, 0) is 9.47 Å². The summed E-state index contributed by atoms with van der Waals surface area (Å²) >= 11 is 0. The third-order valence-corrected chi connectivity index (χ3v) is 6.81. The van der Waals surface area contributed by atoms with Crippen molar-refractivity contribution in [1.82, 2.24) is 0 Å². The molecule has 0 saturated heterocycles. The molecule has 0 fully saturated rings. The Morgan fingerprint density at radius 1 is 0.459 bits per heavy atom. The second kappa shape index (κ2) is 26.2. The van der Waals surface area contributed by atoms with Crippen LogP contribution in [0.1, 0.15) is 117 Å². The highest BCUT2D eigenvalue weighted by Gasteiger charge is 2.40. The zero-order valence-corrected chi connectivity index (χ0v) is 30.8. The fraction of sp³-hybridized carbons (Fsp3) is 1.00. The minimum atomic E-state index is 0. The molecule has 0 aliphatic rings. The van der Waals surface area contributed by atoms with E-state index in [4.69, 9.17) is 9.47 Å². The van der Waals surface area contributed by atoms with Gasteiger partial charge in [0.2, 0.25) is 0 Å². The lowest BCUT2D eigenvalue weighted by molar-refractivity contribution is -0.903. The number of halogens is 2. The minimum absolute atomic E-state index is 0. The molecule has 0 heterocycles. The van der Waals surface area contributed by atoms with Crippen molar-refractivity contribution in [2.24, 2.45) is 5.41 Å². The van der Waals surface area contributed by atoms with Gasteiger partial charge in [-0.3, -0.25) is 0 Å². The smallest absolute Gasteiger partial charge is 0.0915 e. The average molecular weight is 755 g/mol. The molecule has 0 N–H and O–H groups in total. The average Bonchev–Trinajstić information content (AvgIpc) is 2.74. The zero-order chi connectivity index (χ0) is 26.5. The minimum Gasteiger partial charge on any atom is -1.00 e. The van der Waals surface area contributed by atoms with Crippen LogP contribution in [0.25, 0.3) is 0 Å². The Hall–Kier alpha value is 1.30. The van der Waals surface area contributed by atoms with Gasteiger partial charge in [0.05, 0.1) is 67.4 Å². The molecule has 0 aliphatic carbocycles. The fourth-order valence-corrected chi connectivity index (χ4v) is 5.62. The van der Waals surface area contributed by atoms with Gasteiger partial charge in [-0.1, -0.05) is 90.9 Å². The molecule has 0 bridgehead atoms. The molecule has 0 saturated carbocycles. The maximum absolute atomic E-state index is 6.44. The molecule has 0 unspecified atom stereocenters. The van der Waals surface area contributed by atoms with Crippen molar-refractivity contribution in [2.75, 3.05) is 81.8 Å². The fourth-order valence-electron chi connectivity index (χ4n) is 5.62. The Balaban J connectivity index is -0.00000578. The van der Waals surface area contributed by atoms with Crippen molar-refractivity contribution in [3.63, 3.8) is 0 Å². The molecule has 0 aromatic heterocycles. The van der Waals surface area contributed by atoms with Gasteiger partial charge in [0, 0.05) is 19.8 Å². The van der Waals surface area contributed by atoms with E-state index in [0.29, 0.717) is 0 Å². The van der Waals surface area contributed by atoms with Gasteiger partial charge < -0.3 is 66.4 Å². The second-order valence-electron chi connectivity index (χ2n) is 13.4. The molecular weight excluding hydrogens is 686 g/mol. The molecular formula is C31H68I2N2O2. The van der Waals surface area contributed by atoms with E-state index in [1.54, 1.807) is 0 Å². The van der Waals surface area contributed by atoms with Crippen LogP contribution >= 0.6 is 0 Å². The van der Waals surface area contributed by atoms with Crippen LogP contribution in [0.3, 0.4) is 0 Å². The first kappa shape index (κ1) is 42.8. The van der Waals surface area contributed by atoms with Crippen LogP contribution in [0.4, 0.5) is 0 Å². The quantitative estimate of drug-likeness (QED) is 0.0762. The van der Waals surface area contributed by atoms with Gasteiger partial charge >= 0.3 is 0 Å². The molecule has 0 rings (SSSR count). The highest BCUT2D eigenvalue weighted by atomic mass is 127. The van der Waals surface area contributed by atoms with Crippen molar-refractivity contribution < 1.29 is 66.4 Å². The summed E-state index contributed by atoms with van der Waals surface area (Å²) in [7, 11) is 14.1. The monoisotopic (exact) mass is 754 g/mol. The topological polar surface area (TPSA) is 18.5 Å². The zero-order valence-electron chi connectivity index (χ0n) is 26.5. The number of hydrogen-bond donors (Lipinski definition) is 0. The summed E-state index contributed by atoms with van der Waals surface area (Å²) in [4.78, 5) is 0. The normalized spacial score (nSPS) is 12.3. The Morgan fingerprint density at radius 2 is 0.811 bits per heavy atom. The van der Waals surface area contributed by atoms with Gasteiger partial charge in [-0.2, -0.15) is 0 Å². The third-order valence-electron chi connectivity index (χ3n) is 6.81. The van der Waals surface area contributed by atoms with Crippen molar-refractivity contribution in [3.8, 4) is 0 Å². The van der Waals surface area contributed by atoms with Crippen LogP contribution < -0.4 is 48.0 Å². The van der Waals surface area contributed by atoms with Gasteiger partial charge in [0.15, 0.2) is 0 Å². The standard InChI is InChI=1S/C31H68N2O2.2HI/c1-9-11-13-14-15-16-18-23-27-35-30-31(28-32(3,4)5,29-33(6,7)8)24-20-17-19-22-26-34-25-21-12-10-2;;/h9-30H2,1-8H3;2*1H/q+2;;/p-2. The largest absolute Gasteiger partial charge is 1.00 e. The van der Waals surface area contributed by atoms with E-state index < -0.39 is 0 Å². The van der Waals surface area contributed by atoms with Gasteiger partial charge in [0.25, 0.3) is 0 Å². The van der Waals surface area contributed by atoms with Crippen LogP contribution in [0, 0.1) is 5.41 Å². The van der Waals surface area contributed by atoms with Gasteiger partial charge in [-0.05, 0) is 25.7 Å². The summed E-state index contributed by atoms with van der Waals surface area (Å²) in [6.45, 7) is 10.6. The van der Waals surface area contributed by atoms with E-state index in [1.165, 1.54) is 116 Å². The number of quaternary nitrogens is 2. The first-order valence-electron chi connectivity index (χ1n) is 15.3. The molecule has 4 nitrogen and oxygen atoms in total. The number of nitrogens with zero attached hydrogens (tertiary/aromatic N) is 2. The summed E-state index contributed by atoms with van der Waals surface area (Å²) in [6.07, 6.45) is 21.0. The van der Waals surface area contributed by atoms with Crippen molar-refractivity contribution in [2.45, 2.75) is 117 Å². The predicted molar refractivity (Wildman–Crippen MR) is 155 cm³/mol. The molecule has 0 radical (unpaired) electrons. The lowest BCUT2D eigenvalue weighted by atomic mass is 9.81. The van der Waals surface area contributed by atoms with E-state index in [2.05, 4.69) is 56.1 Å². The summed E-state index contributed by atoms with van der Waals surface area (Å²) < 4.78 is 14.3. The molecule has 0 aromatic rings. The molecule has 0 aliphatic heterocycles. The van der Waals surface area contributed by atoms with E-state index in [1.807, 2.05) is 0 Å². The molecule has 0 amide bonds. The summed E-state index contributed by atoms with van der Waals surface area (Å²) in [5.41, 5.74) is 0.243. The molecule has 6 heteroatoms. The number of rotatable bonds is 26. The Morgan fingerprint density at radius 3 is 1.27 bits per heavy atom. The first-order chi connectivity index (χ1) is 16.5. The van der Waals surface area contributed by atoms with Gasteiger partial charge in [-0.15, -0.1) is 0 Å². The van der Waals surface area contributed by atoms with Gasteiger partial charge in [-0.25, -0.2) is 0 Å². The molecule has 0 spiro atoms. The second-order valence-corrected chi connectivity index (χ2v) is 13.4. The lowest BCUT2D eigenvalue weighted by Gasteiger charge is -2.42. The third kappa shape index (κ3) is 30.1. The maximum Gasteiger partial charge on any atom is 0.0915 e. The lowest BCUT2D eigenvalue weighted by Crippen LogP contribution is -3.00. The van der Waals surface area contributed by atoms with Crippen LogP contribution in [0.2, 0.25) is 0 Å². The highest BCUT2D eigenvalue weighted by molar-refractivity contribution is 4.79. The van der Waals surface area contributed by atoms with Crippen molar-refractivity contribution >= 4 is 0 Å². The predicted octanol–water partition coefficient (Wildman–Crippen LogP) is 1.71. The van der Waals surface area contributed by atoms with E-state index in [9.17, 15) is 0 Å². The molecule has 0 atom stereocenters. The van der Waals surface area contributed by atoms with Crippen molar-refractivity contribution in [1.29, 1.82) is 0 Å². The molecule has 228 valence electrons. The number of ether oxygens (including phenoxy) is 2. The number of unbranched alkanes of at least 4 members (excludes halogenated alkanes) is 12. The Kier molecular flexibility index (Phi) is 30.3. The Labute approximate surface area is 268 Å². The highest BCUT2D eigenvalue weighted by Crippen LogP contribution is 2.31. The summed E-state index contributed by atoms with van der Waals surface area (Å²) in [6, 6.07) is 0. The van der Waals surface area contributed by atoms with Crippen LogP contribution in [0.15, 0.2) is 0 Å². The summed E-state index contributed by atoms with van der Waals surface area (Å²) in [5, 5.41) is 0. The van der Waals surface area contributed by atoms with Crippen LogP contribution in [-0.4, -0.2) is 90.8 Å².